The van der Waals surface area contributed by atoms with E-state index in [9.17, 15) is 0 Å². The maximum Gasteiger partial charge on any atom is 0.0891 e. The molecule has 0 aliphatic heterocycles. The van der Waals surface area contributed by atoms with E-state index >= 15 is 0 Å². The van der Waals surface area contributed by atoms with E-state index in [-0.39, 0.29) is 0 Å². The fraction of sp³-hybridized carbons (Fsp3) is 0.167. The molecule has 100 valence electrons. The first-order valence-corrected chi connectivity index (χ1v) is 7.29. The van der Waals surface area contributed by atoms with E-state index in [1.807, 2.05) is 18.2 Å². The van der Waals surface area contributed by atoms with Crippen molar-refractivity contribution < 1.29 is 0 Å². The minimum absolute atomic E-state index is 0.729. The summed E-state index contributed by atoms with van der Waals surface area (Å²) >= 11 is 6.20. The second-order valence-corrected chi connectivity index (χ2v) is 5.36. The third kappa shape index (κ3) is 3.00. The molecule has 1 nitrogen and oxygen atoms in total. The second-order valence-electron chi connectivity index (χ2n) is 4.95. The topological polar surface area (TPSA) is 12.9 Å². The Kier molecular flexibility index (Phi) is 3.98. The Morgan fingerprint density at radius 3 is 2.50 bits per heavy atom. The summed E-state index contributed by atoms with van der Waals surface area (Å²) in [5.74, 6) is 0. The monoisotopic (exact) mass is 281 g/mol. The van der Waals surface area contributed by atoms with Crippen LogP contribution >= 0.6 is 11.6 Å². The van der Waals surface area contributed by atoms with E-state index < -0.39 is 0 Å². The molecular weight excluding hydrogens is 266 g/mol. The molecule has 0 unspecified atom stereocenters. The van der Waals surface area contributed by atoms with Crippen LogP contribution < -0.4 is 0 Å². The molecule has 0 saturated heterocycles. The Bertz CT molecular complexity index is 707. The van der Waals surface area contributed by atoms with Crippen molar-refractivity contribution in [3.63, 3.8) is 0 Å². The van der Waals surface area contributed by atoms with Crippen molar-refractivity contribution in [1.29, 1.82) is 0 Å². The number of hydrogen-bond acceptors (Lipinski definition) is 1. The van der Waals surface area contributed by atoms with E-state index in [1.54, 1.807) is 0 Å². The normalized spacial score (nSPS) is 10.8. The molecule has 0 radical (unpaired) electrons. The van der Waals surface area contributed by atoms with Crippen LogP contribution in [-0.2, 0) is 12.8 Å². The van der Waals surface area contributed by atoms with E-state index in [2.05, 4.69) is 47.4 Å². The van der Waals surface area contributed by atoms with Gasteiger partial charge in [-0.15, -0.1) is 0 Å². The lowest BCUT2D eigenvalue weighted by atomic mass is 10.1. The van der Waals surface area contributed by atoms with Gasteiger partial charge in [-0.3, -0.25) is 4.98 Å². The van der Waals surface area contributed by atoms with Crippen molar-refractivity contribution in [1.82, 2.24) is 4.98 Å². The molecular formula is C18H16ClN. The maximum atomic E-state index is 6.20. The summed E-state index contributed by atoms with van der Waals surface area (Å²) in [6.45, 7) is 0. The predicted octanol–water partition coefficient (Wildman–Crippen LogP) is 5.06. The van der Waals surface area contributed by atoms with Crippen LogP contribution in [0.4, 0.5) is 0 Å². The van der Waals surface area contributed by atoms with Crippen molar-refractivity contribution in [3.8, 4) is 0 Å². The zero-order chi connectivity index (χ0) is 13.8. The van der Waals surface area contributed by atoms with Gasteiger partial charge in [0.25, 0.3) is 0 Å². The Morgan fingerprint density at radius 1 is 0.800 bits per heavy atom. The lowest BCUT2D eigenvalue weighted by Gasteiger charge is -2.05. The molecule has 2 aromatic carbocycles. The number of halogens is 1. The molecule has 0 aliphatic rings. The maximum absolute atomic E-state index is 6.20. The molecule has 0 bridgehead atoms. The summed E-state index contributed by atoms with van der Waals surface area (Å²) in [6, 6.07) is 20.7. The fourth-order valence-electron chi connectivity index (χ4n) is 2.41. The van der Waals surface area contributed by atoms with E-state index in [1.165, 1.54) is 5.56 Å². The highest BCUT2D eigenvalue weighted by Crippen LogP contribution is 2.22. The van der Waals surface area contributed by atoms with Gasteiger partial charge in [-0.05, 0) is 37.0 Å². The minimum atomic E-state index is 0.729. The number of hydrogen-bond donors (Lipinski definition) is 0. The van der Waals surface area contributed by atoms with Gasteiger partial charge in [0.05, 0.1) is 10.5 Å². The zero-order valence-electron chi connectivity index (χ0n) is 11.2. The predicted molar refractivity (Wildman–Crippen MR) is 85.2 cm³/mol. The smallest absolute Gasteiger partial charge is 0.0891 e. The third-order valence-corrected chi connectivity index (χ3v) is 3.77. The molecule has 0 atom stereocenters. The van der Waals surface area contributed by atoms with Gasteiger partial charge in [0.2, 0.25) is 0 Å². The molecule has 0 aliphatic carbocycles. The average molecular weight is 282 g/mol. The van der Waals surface area contributed by atoms with Gasteiger partial charge >= 0.3 is 0 Å². The first-order valence-electron chi connectivity index (χ1n) is 6.91. The molecule has 0 N–H and O–H groups in total. The number of fused-ring (bicyclic) bond motifs is 1. The van der Waals surface area contributed by atoms with Crippen LogP contribution in [0.3, 0.4) is 0 Å². The van der Waals surface area contributed by atoms with Gasteiger partial charge in [0, 0.05) is 11.1 Å². The lowest BCUT2D eigenvalue weighted by Crippen LogP contribution is -1.94. The highest BCUT2D eigenvalue weighted by Gasteiger charge is 2.02. The van der Waals surface area contributed by atoms with Crippen molar-refractivity contribution in [2.75, 3.05) is 0 Å². The van der Waals surface area contributed by atoms with Crippen molar-refractivity contribution in [3.05, 3.63) is 76.9 Å². The quantitative estimate of drug-likeness (QED) is 0.651. The highest BCUT2D eigenvalue weighted by atomic mass is 35.5. The molecule has 1 heterocycles. The number of nitrogens with zero attached hydrogens (tertiary/aromatic N) is 1. The number of pyridine rings is 1. The summed E-state index contributed by atoms with van der Waals surface area (Å²) in [7, 11) is 0. The molecule has 0 amide bonds. The number of benzene rings is 2. The minimum Gasteiger partial charge on any atom is -0.251 e. The third-order valence-electron chi connectivity index (χ3n) is 3.47. The van der Waals surface area contributed by atoms with Crippen LogP contribution in [0.5, 0.6) is 0 Å². The van der Waals surface area contributed by atoms with E-state index in [0.29, 0.717) is 0 Å². The molecule has 20 heavy (non-hydrogen) atoms. The van der Waals surface area contributed by atoms with Crippen LogP contribution in [0.15, 0.2) is 60.7 Å². The summed E-state index contributed by atoms with van der Waals surface area (Å²) in [5.41, 5.74) is 3.40. The average Bonchev–Trinajstić information content (AvgIpc) is 2.49. The Hall–Kier alpha value is -1.86. The summed E-state index contributed by atoms with van der Waals surface area (Å²) < 4.78 is 0. The van der Waals surface area contributed by atoms with Gasteiger partial charge < -0.3 is 0 Å². The van der Waals surface area contributed by atoms with Crippen LogP contribution in [0.2, 0.25) is 5.02 Å². The molecule has 3 aromatic rings. The number of aromatic nitrogens is 1. The SMILES string of the molecule is Clc1cccc2ccc(CCCc3ccccc3)nc12. The summed E-state index contributed by atoms with van der Waals surface area (Å²) in [6.07, 6.45) is 3.17. The Balaban J connectivity index is 1.70. The van der Waals surface area contributed by atoms with Gasteiger partial charge in [-0.25, -0.2) is 0 Å². The molecule has 2 heteroatoms. The number of para-hydroxylation sites is 1. The van der Waals surface area contributed by atoms with Crippen molar-refractivity contribution in [2.45, 2.75) is 19.3 Å². The Morgan fingerprint density at radius 2 is 1.65 bits per heavy atom. The summed E-state index contributed by atoms with van der Waals surface area (Å²) in [5, 5.41) is 1.83. The molecule has 0 spiro atoms. The summed E-state index contributed by atoms with van der Waals surface area (Å²) in [4.78, 5) is 4.67. The van der Waals surface area contributed by atoms with Crippen molar-refractivity contribution >= 4 is 22.5 Å². The molecule has 0 fully saturated rings. The van der Waals surface area contributed by atoms with Crippen LogP contribution in [0.25, 0.3) is 10.9 Å². The number of rotatable bonds is 4. The first-order chi connectivity index (χ1) is 9.83. The van der Waals surface area contributed by atoms with Crippen LogP contribution in [0.1, 0.15) is 17.7 Å². The Labute approximate surface area is 124 Å². The van der Waals surface area contributed by atoms with Crippen LogP contribution in [0, 0.1) is 0 Å². The van der Waals surface area contributed by atoms with Gasteiger partial charge in [0.1, 0.15) is 0 Å². The lowest BCUT2D eigenvalue weighted by molar-refractivity contribution is 0.803. The zero-order valence-corrected chi connectivity index (χ0v) is 12.0. The van der Waals surface area contributed by atoms with Crippen molar-refractivity contribution in [2.24, 2.45) is 0 Å². The highest BCUT2D eigenvalue weighted by molar-refractivity contribution is 6.35. The van der Waals surface area contributed by atoms with Gasteiger partial charge in [0.15, 0.2) is 0 Å². The fourth-order valence-corrected chi connectivity index (χ4v) is 2.63. The largest absolute Gasteiger partial charge is 0.251 e. The molecule has 0 saturated carbocycles. The first kappa shape index (κ1) is 13.1. The van der Waals surface area contributed by atoms with E-state index in [4.69, 9.17) is 11.6 Å². The molecule has 3 rings (SSSR count). The van der Waals surface area contributed by atoms with Gasteiger partial charge in [-0.2, -0.15) is 0 Å². The molecule has 1 aromatic heterocycles. The standard InChI is InChI=1S/C18H16ClN/c19-17-11-5-9-15-12-13-16(20-18(15)17)10-4-8-14-6-2-1-3-7-14/h1-3,5-7,9,11-13H,4,8,10H2. The van der Waals surface area contributed by atoms with Crippen LogP contribution in [-0.4, -0.2) is 4.98 Å². The van der Waals surface area contributed by atoms with Gasteiger partial charge in [-0.1, -0.05) is 60.1 Å². The second kappa shape index (κ2) is 6.06. The number of aryl methyl sites for hydroxylation is 2. The van der Waals surface area contributed by atoms with E-state index in [0.717, 1.165) is 40.9 Å².